The molecule has 0 fully saturated rings. The fourth-order valence-electron chi connectivity index (χ4n) is 2.67. The van der Waals surface area contributed by atoms with Crippen LogP contribution in [0.5, 0.6) is 5.75 Å². The minimum absolute atomic E-state index is 0.0584. The van der Waals surface area contributed by atoms with Crippen molar-refractivity contribution in [1.29, 1.82) is 0 Å². The lowest BCUT2D eigenvalue weighted by molar-refractivity contribution is -0.137. The second kappa shape index (κ2) is 10.1. The molecule has 7 heteroatoms. The number of hydrogen-bond donors (Lipinski definition) is 3. The standard InChI is InChI=1S/C21H24N2O5/c1-14(16-5-9-18(28-2)10-6-16)11-20(25)23-17-7-3-15(4-8-17)12-19(24)22-13-21(26)27/h3-10,14H,11-13H2,1-2H3,(H,22,24)(H,23,25)(H,26,27). The molecule has 0 aliphatic heterocycles. The lowest BCUT2D eigenvalue weighted by atomic mass is 9.97. The number of aliphatic carboxylic acids is 1. The molecule has 0 spiro atoms. The molecule has 7 nitrogen and oxygen atoms in total. The molecule has 0 aliphatic carbocycles. The van der Waals surface area contributed by atoms with E-state index in [2.05, 4.69) is 10.6 Å². The van der Waals surface area contributed by atoms with E-state index in [9.17, 15) is 14.4 Å². The Labute approximate surface area is 163 Å². The molecule has 2 aromatic carbocycles. The lowest BCUT2D eigenvalue weighted by Crippen LogP contribution is -2.30. The van der Waals surface area contributed by atoms with Crippen LogP contribution in [0.1, 0.15) is 30.4 Å². The summed E-state index contributed by atoms with van der Waals surface area (Å²) >= 11 is 0. The van der Waals surface area contributed by atoms with Crippen LogP contribution in [0, 0.1) is 0 Å². The van der Waals surface area contributed by atoms with Gasteiger partial charge in [0.2, 0.25) is 11.8 Å². The maximum atomic E-state index is 12.3. The lowest BCUT2D eigenvalue weighted by Gasteiger charge is -2.13. The summed E-state index contributed by atoms with van der Waals surface area (Å²) in [7, 11) is 1.61. The molecular weight excluding hydrogens is 360 g/mol. The van der Waals surface area contributed by atoms with Crippen molar-refractivity contribution in [3.63, 3.8) is 0 Å². The van der Waals surface area contributed by atoms with Crippen molar-refractivity contribution in [1.82, 2.24) is 5.32 Å². The molecule has 0 heterocycles. The molecule has 0 aromatic heterocycles. The van der Waals surface area contributed by atoms with Crippen molar-refractivity contribution in [2.75, 3.05) is 19.0 Å². The molecule has 0 saturated heterocycles. The number of nitrogens with one attached hydrogen (secondary N) is 2. The van der Waals surface area contributed by atoms with Gasteiger partial charge in [0.1, 0.15) is 12.3 Å². The third kappa shape index (κ3) is 6.75. The second-order valence-electron chi connectivity index (χ2n) is 6.47. The molecule has 0 bridgehead atoms. The first-order valence-electron chi connectivity index (χ1n) is 8.88. The van der Waals surface area contributed by atoms with Gasteiger partial charge in [-0.15, -0.1) is 0 Å². The van der Waals surface area contributed by atoms with E-state index < -0.39 is 12.5 Å². The smallest absolute Gasteiger partial charge is 0.322 e. The third-order valence-electron chi connectivity index (χ3n) is 4.22. The van der Waals surface area contributed by atoms with Crippen LogP contribution in [0.4, 0.5) is 5.69 Å². The van der Waals surface area contributed by atoms with Crippen molar-refractivity contribution in [3.8, 4) is 5.75 Å². The summed E-state index contributed by atoms with van der Waals surface area (Å²) in [5.74, 6) is -0.724. The Balaban J connectivity index is 1.84. The number of amides is 2. The molecule has 0 radical (unpaired) electrons. The monoisotopic (exact) mass is 384 g/mol. The van der Waals surface area contributed by atoms with E-state index in [0.29, 0.717) is 12.1 Å². The van der Waals surface area contributed by atoms with E-state index in [1.54, 1.807) is 31.4 Å². The molecule has 2 rings (SSSR count). The topological polar surface area (TPSA) is 105 Å². The summed E-state index contributed by atoms with van der Waals surface area (Å²) in [5, 5.41) is 13.7. The molecule has 0 aliphatic rings. The van der Waals surface area contributed by atoms with Crippen LogP contribution < -0.4 is 15.4 Å². The van der Waals surface area contributed by atoms with Crippen LogP contribution in [0.2, 0.25) is 0 Å². The van der Waals surface area contributed by atoms with E-state index in [4.69, 9.17) is 9.84 Å². The van der Waals surface area contributed by atoms with Gasteiger partial charge >= 0.3 is 5.97 Å². The molecule has 28 heavy (non-hydrogen) atoms. The van der Waals surface area contributed by atoms with Crippen LogP contribution in [0.25, 0.3) is 0 Å². The maximum Gasteiger partial charge on any atom is 0.322 e. The number of methoxy groups -OCH3 is 1. The number of carboxylic acid groups (broad SMARTS) is 1. The number of carboxylic acids is 1. The quantitative estimate of drug-likeness (QED) is 0.616. The van der Waals surface area contributed by atoms with Gasteiger partial charge in [0.15, 0.2) is 0 Å². The summed E-state index contributed by atoms with van der Waals surface area (Å²) in [6.07, 6.45) is 0.418. The summed E-state index contributed by atoms with van der Waals surface area (Å²) in [5.41, 5.74) is 2.42. The van der Waals surface area contributed by atoms with E-state index in [1.807, 2.05) is 31.2 Å². The number of carbonyl (C=O) groups excluding carboxylic acids is 2. The Hall–Kier alpha value is -3.35. The third-order valence-corrected chi connectivity index (χ3v) is 4.22. The van der Waals surface area contributed by atoms with Crippen molar-refractivity contribution >= 4 is 23.5 Å². The van der Waals surface area contributed by atoms with Crippen molar-refractivity contribution in [3.05, 3.63) is 59.7 Å². The van der Waals surface area contributed by atoms with Crippen LogP contribution in [-0.2, 0) is 20.8 Å². The van der Waals surface area contributed by atoms with Gasteiger partial charge < -0.3 is 20.5 Å². The molecule has 3 N–H and O–H groups in total. The van der Waals surface area contributed by atoms with E-state index in [0.717, 1.165) is 16.9 Å². The average Bonchev–Trinajstić information content (AvgIpc) is 2.68. The number of benzene rings is 2. The summed E-state index contributed by atoms with van der Waals surface area (Å²) in [6, 6.07) is 14.5. The van der Waals surface area contributed by atoms with Crippen molar-refractivity contribution in [2.45, 2.75) is 25.7 Å². The maximum absolute atomic E-state index is 12.3. The fraction of sp³-hybridized carbons (Fsp3) is 0.286. The van der Waals surface area contributed by atoms with Gasteiger partial charge in [0, 0.05) is 12.1 Å². The number of ether oxygens (including phenoxy) is 1. The number of carbonyl (C=O) groups is 3. The largest absolute Gasteiger partial charge is 0.497 e. The zero-order valence-electron chi connectivity index (χ0n) is 15.9. The van der Waals surface area contributed by atoms with Crippen LogP contribution in [0.3, 0.4) is 0 Å². The van der Waals surface area contributed by atoms with Crippen LogP contribution >= 0.6 is 0 Å². The first kappa shape index (κ1) is 21.0. The predicted octanol–water partition coefficient (Wildman–Crippen LogP) is 2.57. The number of rotatable bonds is 9. The van der Waals surface area contributed by atoms with Crippen molar-refractivity contribution < 1.29 is 24.2 Å². The highest BCUT2D eigenvalue weighted by molar-refractivity contribution is 5.91. The van der Waals surface area contributed by atoms with Gasteiger partial charge in [0.25, 0.3) is 0 Å². The predicted molar refractivity (Wildman–Crippen MR) is 105 cm³/mol. The minimum atomic E-state index is -1.09. The number of hydrogen-bond acceptors (Lipinski definition) is 4. The fourth-order valence-corrected chi connectivity index (χ4v) is 2.67. The Morgan fingerprint density at radius 2 is 1.64 bits per heavy atom. The zero-order valence-corrected chi connectivity index (χ0v) is 15.9. The highest BCUT2D eigenvalue weighted by atomic mass is 16.5. The minimum Gasteiger partial charge on any atom is -0.497 e. The van der Waals surface area contributed by atoms with E-state index >= 15 is 0 Å². The van der Waals surface area contributed by atoms with Crippen molar-refractivity contribution in [2.24, 2.45) is 0 Å². The molecule has 1 unspecified atom stereocenters. The Morgan fingerprint density at radius 3 is 2.21 bits per heavy atom. The van der Waals surface area contributed by atoms with Gasteiger partial charge in [-0.25, -0.2) is 0 Å². The molecular formula is C21H24N2O5. The molecule has 148 valence electrons. The van der Waals surface area contributed by atoms with Crippen LogP contribution in [-0.4, -0.2) is 36.5 Å². The Bertz CT molecular complexity index is 816. The normalized spacial score (nSPS) is 11.4. The first-order chi connectivity index (χ1) is 13.4. The van der Waals surface area contributed by atoms with Gasteiger partial charge in [-0.2, -0.15) is 0 Å². The first-order valence-corrected chi connectivity index (χ1v) is 8.88. The highest BCUT2D eigenvalue weighted by Crippen LogP contribution is 2.22. The summed E-state index contributed by atoms with van der Waals surface area (Å²) < 4.78 is 5.14. The van der Waals surface area contributed by atoms with Gasteiger partial charge in [-0.1, -0.05) is 31.2 Å². The van der Waals surface area contributed by atoms with Crippen LogP contribution in [0.15, 0.2) is 48.5 Å². The Kier molecular flexibility index (Phi) is 7.56. The number of anilines is 1. The SMILES string of the molecule is COc1ccc(C(C)CC(=O)Nc2ccc(CC(=O)NCC(=O)O)cc2)cc1. The average molecular weight is 384 g/mol. The highest BCUT2D eigenvalue weighted by Gasteiger charge is 2.12. The van der Waals surface area contributed by atoms with Gasteiger partial charge in [-0.05, 0) is 41.3 Å². The molecule has 2 amide bonds. The Morgan fingerprint density at radius 1 is 1.00 bits per heavy atom. The zero-order chi connectivity index (χ0) is 20.5. The van der Waals surface area contributed by atoms with Gasteiger partial charge in [0.05, 0.1) is 13.5 Å². The summed E-state index contributed by atoms with van der Waals surface area (Å²) in [6.45, 7) is 1.58. The molecule has 0 saturated carbocycles. The van der Waals surface area contributed by atoms with E-state index in [1.165, 1.54) is 0 Å². The summed E-state index contributed by atoms with van der Waals surface area (Å²) in [4.78, 5) is 34.3. The second-order valence-corrected chi connectivity index (χ2v) is 6.47. The molecule has 1 atom stereocenters. The van der Waals surface area contributed by atoms with E-state index in [-0.39, 0.29) is 24.2 Å². The molecule has 2 aromatic rings. The van der Waals surface area contributed by atoms with Gasteiger partial charge in [-0.3, -0.25) is 14.4 Å².